The average Bonchev–Trinajstić information content (AvgIpc) is 3.27. The van der Waals surface area contributed by atoms with Crippen molar-refractivity contribution in [2.75, 3.05) is 13.7 Å². The molecule has 0 fully saturated rings. The summed E-state index contributed by atoms with van der Waals surface area (Å²) in [6, 6.07) is 11.4. The number of rotatable bonds is 8. The number of aromatic nitrogens is 2. The van der Waals surface area contributed by atoms with Gasteiger partial charge in [0.15, 0.2) is 0 Å². The smallest absolute Gasteiger partial charge is 0.416 e. The Balaban J connectivity index is 1.72. The zero-order valence-electron chi connectivity index (χ0n) is 18.0. The Bertz CT molecular complexity index is 1050. The maximum atomic E-state index is 13.0. The van der Waals surface area contributed by atoms with E-state index in [-0.39, 0.29) is 24.1 Å². The molecule has 1 amide bonds. The van der Waals surface area contributed by atoms with Crippen LogP contribution in [0.5, 0.6) is 5.75 Å². The van der Waals surface area contributed by atoms with Crippen LogP contribution in [0, 0.1) is 0 Å². The van der Waals surface area contributed by atoms with E-state index in [9.17, 15) is 18.0 Å². The maximum Gasteiger partial charge on any atom is 0.416 e. The van der Waals surface area contributed by atoms with Crippen molar-refractivity contribution in [2.45, 2.75) is 38.9 Å². The number of amides is 1. The van der Waals surface area contributed by atoms with Crippen molar-refractivity contribution in [3.63, 3.8) is 0 Å². The van der Waals surface area contributed by atoms with Crippen molar-refractivity contribution < 1.29 is 27.2 Å². The quantitative estimate of drug-likeness (QED) is 0.472. The van der Waals surface area contributed by atoms with E-state index in [0.717, 1.165) is 17.7 Å². The third-order valence-electron chi connectivity index (χ3n) is 5.21. The van der Waals surface area contributed by atoms with Crippen LogP contribution in [-0.2, 0) is 12.6 Å². The van der Waals surface area contributed by atoms with Crippen LogP contribution in [0.1, 0.15) is 42.1 Å². The van der Waals surface area contributed by atoms with Crippen LogP contribution in [0.4, 0.5) is 13.2 Å². The summed E-state index contributed by atoms with van der Waals surface area (Å²) in [5.41, 5.74) is 0.139. The van der Waals surface area contributed by atoms with Gasteiger partial charge in [-0.3, -0.25) is 4.79 Å². The summed E-state index contributed by atoms with van der Waals surface area (Å²) in [4.78, 5) is 19.0. The molecule has 170 valence electrons. The van der Waals surface area contributed by atoms with Crippen LogP contribution in [0.25, 0.3) is 11.4 Å². The van der Waals surface area contributed by atoms with E-state index in [1.54, 1.807) is 24.1 Å². The lowest BCUT2D eigenvalue weighted by molar-refractivity contribution is -0.137. The van der Waals surface area contributed by atoms with Gasteiger partial charge in [0.1, 0.15) is 5.75 Å². The van der Waals surface area contributed by atoms with Gasteiger partial charge in [0.05, 0.1) is 12.7 Å². The molecule has 0 saturated carbocycles. The van der Waals surface area contributed by atoms with Gasteiger partial charge in [-0.05, 0) is 49.7 Å². The second kappa shape index (κ2) is 9.84. The summed E-state index contributed by atoms with van der Waals surface area (Å²) in [6.07, 6.45) is -3.45. The number of nitrogens with zero attached hydrogens (tertiary/aromatic N) is 3. The average molecular weight is 447 g/mol. The number of alkyl halides is 3. The minimum Gasteiger partial charge on any atom is -0.497 e. The van der Waals surface area contributed by atoms with E-state index in [0.29, 0.717) is 30.3 Å². The lowest BCUT2D eigenvalue weighted by Gasteiger charge is -2.28. The van der Waals surface area contributed by atoms with Crippen molar-refractivity contribution >= 4 is 5.91 Å². The van der Waals surface area contributed by atoms with Gasteiger partial charge < -0.3 is 14.2 Å². The number of carbonyl (C=O) groups excluding carboxylic acids is 1. The fourth-order valence-corrected chi connectivity index (χ4v) is 3.16. The van der Waals surface area contributed by atoms with Gasteiger partial charge in [0, 0.05) is 30.1 Å². The zero-order chi connectivity index (χ0) is 23.3. The highest BCUT2D eigenvalue weighted by atomic mass is 19.4. The Kier molecular flexibility index (Phi) is 7.17. The molecule has 1 unspecified atom stereocenters. The van der Waals surface area contributed by atoms with E-state index < -0.39 is 11.7 Å². The topological polar surface area (TPSA) is 68.5 Å². The van der Waals surface area contributed by atoms with Gasteiger partial charge >= 0.3 is 6.18 Å². The second-order valence-corrected chi connectivity index (χ2v) is 7.32. The molecule has 3 rings (SSSR count). The third kappa shape index (κ3) is 5.46. The van der Waals surface area contributed by atoms with Crippen LogP contribution >= 0.6 is 0 Å². The molecular formula is C23H24F3N3O3. The molecule has 0 radical (unpaired) electrons. The van der Waals surface area contributed by atoms with Gasteiger partial charge in [-0.25, -0.2) is 0 Å². The largest absolute Gasteiger partial charge is 0.497 e. The first-order valence-corrected chi connectivity index (χ1v) is 10.2. The first-order chi connectivity index (χ1) is 15.2. The first kappa shape index (κ1) is 23.3. The summed E-state index contributed by atoms with van der Waals surface area (Å²) in [5, 5.41) is 3.99. The molecule has 2 aromatic carbocycles. The number of ether oxygens (including phenoxy) is 1. The fraction of sp³-hybridized carbons (Fsp3) is 0.348. The molecule has 1 heterocycles. The van der Waals surface area contributed by atoms with E-state index >= 15 is 0 Å². The summed E-state index contributed by atoms with van der Waals surface area (Å²) in [5.74, 6) is 1.08. The van der Waals surface area contributed by atoms with E-state index in [4.69, 9.17) is 9.26 Å². The Morgan fingerprint density at radius 1 is 1.19 bits per heavy atom. The molecule has 0 aliphatic rings. The summed E-state index contributed by atoms with van der Waals surface area (Å²) >= 11 is 0. The van der Waals surface area contributed by atoms with Gasteiger partial charge in [-0.1, -0.05) is 24.2 Å². The molecule has 9 heteroatoms. The van der Waals surface area contributed by atoms with Crippen LogP contribution in [0.15, 0.2) is 53.1 Å². The molecule has 3 aromatic rings. The molecular weight excluding hydrogens is 423 g/mol. The lowest BCUT2D eigenvalue weighted by Crippen LogP contribution is -2.39. The molecule has 0 saturated heterocycles. The molecule has 6 nitrogen and oxygen atoms in total. The molecule has 0 N–H and O–H groups in total. The zero-order valence-corrected chi connectivity index (χ0v) is 18.0. The number of halogens is 3. The van der Waals surface area contributed by atoms with Crippen molar-refractivity contribution in [1.82, 2.24) is 15.0 Å². The molecule has 0 spiro atoms. The van der Waals surface area contributed by atoms with E-state index in [2.05, 4.69) is 10.1 Å². The van der Waals surface area contributed by atoms with Crippen molar-refractivity contribution in [2.24, 2.45) is 0 Å². The predicted octanol–water partition coefficient (Wildman–Crippen LogP) is 5.25. The van der Waals surface area contributed by atoms with Crippen molar-refractivity contribution in [1.29, 1.82) is 0 Å². The number of hydrogen-bond acceptors (Lipinski definition) is 5. The van der Waals surface area contributed by atoms with Gasteiger partial charge in [0.25, 0.3) is 5.91 Å². The summed E-state index contributed by atoms with van der Waals surface area (Å²) in [7, 11) is 1.57. The molecule has 0 bridgehead atoms. The van der Waals surface area contributed by atoms with Crippen LogP contribution in [-0.4, -0.2) is 40.6 Å². The first-order valence-electron chi connectivity index (χ1n) is 10.2. The van der Waals surface area contributed by atoms with Gasteiger partial charge in [-0.15, -0.1) is 0 Å². The van der Waals surface area contributed by atoms with E-state index in [1.807, 2.05) is 26.0 Å². The SMILES string of the molecule is CCC(C)N(CCc1nc(-c2cccc(OC)c2)no1)C(=O)c1ccc(C(F)(F)F)cc1. The van der Waals surface area contributed by atoms with E-state index in [1.165, 1.54) is 12.1 Å². The number of benzene rings is 2. The van der Waals surface area contributed by atoms with Crippen molar-refractivity contribution in [3.05, 3.63) is 65.5 Å². The number of hydrogen-bond donors (Lipinski definition) is 0. The highest BCUT2D eigenvalue weighted by Gasteiger charge is 2.30. The highest BCUT2D eigenvalue weighted by molar-refractivity contribution is 5.94. The Hall–Kier alpha value is -3.36. The summed E-state index contributed by atoms with van der Waals surface area (Å²) in [6.45, 7) is 4.11. The maximum absolute atomic E-state index is 13.0. The lowest BCUT2D eigenvalue weighted by atomic mass is 10.1. The Morgan fingerprint density at radius 3 is 2.53 bits per heavy atom. The Morgan fingerprint density at radius 2 is 1.91 bits per heavy atom. The monoisotopic (exact) mass is 447 g/mol. The normalized spacial score (nSPS) is 12.4. The predicted molar refractivity (Wildman–Crippen MR) is 112 cm³/mol. The third-order valence-corrected chi connectivity index (χ3v) is 5.21. The Labute approximate surface area is 184 Å². The second-order valence-electron chi connectivity index (χ2n) is 7.32. The fourth-order valence-electron chi connectivity index (χ4n) is 3.16. The summed E-state index contributed by atoms with van der Waals surface area (Å²) < 4.78 is 49.0. The van der Waals surface area contributed by atoms with Crippen molar-refractivity contribution in [3.8, 4) is 17.1 Å². The van der Waals surface area contributed by atoms with Gasteiger partial charge in [-0.2, -0.15) is 18.2 Å². The number of carbonyl (C=O) groups is 1. The molecule has 1 aromatic heterocycles. The molecule has 0 aliphatic carbocycles. The highest BCUT2D eigenvalue weighted by Crippen LogP contribution is 2.29. The minimum atomic E-state index is -4.45. The van der Waals surface area contributed by atoms with Crippen LogP contribution in [0.2, 0.25) is 0 Å². The molecule has 0 aliphatic heterocycles. The minimum absolute atomic E-state index is 0.120. The standard InChI is InChI=1S/C23H24F3N3O3/c1-4-15(2)29(22(30)16-8-10-18(11-9-16)23(24,25)26)13-12-20-27-21(28-32-20)17-6-5-7-19(14-17)31-3/h5-11,14-15H,4,12-13H2,1-3H3. The van der Waals surface area contributed by atoms with Gasteiger partial charge in [0.2, 0.25) is 11.7 Å². The molecule has 32 heavy (non-hydrogen) atoms. The molecule has 1 atom stereocenters. The van der Waals surface area contributed by atoms with Crippen LogP contribution in [0.3, 0.4) is 0 Å². The van der Waals surface area contributed by atoms with Crippen LogP contribution < -0.4 is 4.74 Å². The number of methoxy groups -OCH3 is 1.